The summed E-state index contributed by atoms with van der Waals surface area (Å²) >= 11 is 0. The van der Waals surface area contributed by atoms with Crippen molar-refractivity contribution in [2.45, 2.75) is 5.41 Å². The topological polar surface area (TPSA) is 8.17 Å². The highest BCUT2D eigenvalue weighted by Crippen LogP contribution is 2.64. The van der Waals surface area contributed by atoms with Gasteiger partial charge in [0, 0.05) is 33.5 Å². The maximum atomic E-state index is 2.50. The average Bonchev–Trinajstić information content (AvgIpc) is 3.93. The van der Waals surface area contributed by atoms with Crippen LogP contribution < -0.4 is 4.90 Å². The summed E-state index contributed by atoms with van der Waals surface area (Å²) in [7, 11) is 0. The standard InChI is InChI=1S/C59H38N2/c1-3-15-39(16-4-1)40-27-29-44(30-28-40)60(45-32-34-58-52(37-45)50-23-11-14-26-57(50)61(58)43-19-5-2-6-20-43)46-31-33-49-51-35-41-17-7-8-18-42(41)36-55(51)59(56(49)38-46)53-24-12-9-21-47(53)48-22-10-13-25-54(48)59/h1-38H. The Balaban J connectivity index is 1.08. The van der Waals surface area contributed by atoms with Gasteiger partial charge in [-0.15, -0.1) is 0 Å². The lowest BCUT2D eigenvalue weighted by atomic mass is 9.70. The molecule has 0 amide bonds. The third kappa shape index (κ3) is 4.85. The Bertz CT molecular complexity index is 3480. The van der Waals surface area contributed by atoms with Crippen molar-refractivity contribution >= 4 is 49.6 Å². The molecule has 1 spiro atoms. The fourth-order valence-electron chi connectivity index (χ4n) is 10.8. The first-order chi connectivity index (χ1) is 30.3. The van der Waals surface area contributed by atoms with E-state index in [0.717, 1.165) is 22.7 Å². The fraction of sp³-hybridized carbons (Fsp3) is 0.0169. The summed E-state index contributed by atoms with van der Waals surface area (Å²) in [5, 5.41) is 4.98. The number of hydrogen-bond acceptors (Lipinski definition) is 1. The molecule has 1 heterocycles. The highest BCUT2D eigenvalue weighted by atomic mass is 15.1. The third-order valence-corrected chi connectivity index (χ3v) is 13.4. The zero-order valence-corrected chi connectivity index (χ0v) is 33.3. The molecule has 0 atom stereocenters. The van der Waals surface area contributed by atoms with Gasteiger partial charge in [0.1, 0.15) is 0 Å². The van der Waals surface area contributed by atoms with Crippen LogP contribution in [0, 0.1) is 0 Å². The molecule has 0 unspecified atom stereocenters. The van der Waals surface area contributed by atoms with Gasteiger partial charge in [-0.25, -0.2) is 0 Å². The van der Waals surface area contributed by atoms with Crippen LogP contribution >= 0.6 is 0 Å². The van der Waals surface area contributed by atoms with Crippen LogP contribution in [-0.2, 0) is 5.41 Å². The van der Waals surface area contributed by atoms with Crippen molar-refractivity contribution < 1.29 is 0 Å². The second kappa shape index (κ2) is 13.0. The highest BCUT2D eigenvalue weighted by Gasteiger charge is 2.52. The molecule has 0 saturated heterocycles. The van der Waals surface area contributed by atoms with Gasteiger partial charge < -0.3 is 9.47 Å². The summed E-state index contributed by atoms with van der Waals surface area (Å²) in [5.74, 6) is 0. The van der Waals surface area contributed by atoms with E-state index in [9.17, 15) is 0 Å². The van der Waals surface area contributed by atoms with Crippen LogP contribution in [-0.4, -0.2) is 4.57 Å². The van der Waals surface area contributed by atoms with Crippen molar-refractivity contribution in [1.82, 2.24) is 4.57 Å². The SMILES string of the molecule is c1ccc(-c2ccc(N(c3ccc4c(c3)C3(c5ccccc5-c5ccccc53)c3cc5ccccc5cc3-4)c3ccc4c(c3)c3ccccc3n4-c3ccccc3)cc2)cc1. The van der Waals surface area contributed by atoms with Crippen molar-refractivity contribution in [3.63, 3.8) is 0 Å². The Hall–Kier alpha value is -7.94. The highest BCUT2D eigenvalue weighted by molar-refractivity contribution is 6.11. The summed E-state index contributed by atoms with van der Waals surface area (Å²) < 4.78 is 2.39. The van der Waals surface area contributed by atoms with Crippen molar-refractivity contribution in [3.8, 4) is 39.1 Å². The van der Waals surface area contributed by atoms with E-state index in [2.05, 4.69) is 240 Å². The summed E-state index contributed by atoms with van der Waals surface area (Å²) in [6, 6.07) is 85.4. The minimum absolute atomic E-state index is 0.478. The van der Waals surface area contributed by atoms with Crippen molar-refractivity contribution in [2.75, 3.05) is 4.90 Å². The van der Waals surface area contributed by atoms with Crippen molar-refractivity contribution in [1.29, 1.82) is 0 Å². The molecule has 0 N–H and O–H groups in total. The predicted molar refractivity (Wildman–Crippen MR) is 255 cm³/mol. The fourth-order valence-corrected chi connectivity index (χ4v) is 10.8. The van der Waals surface area contributed by atoms with Crippen LogP contribution in [0.3, 0.4) is 0 Å². The van der Waals surface area contributed by atoms with Gasteiger partial charge >= 0.3 is 0 Å². The lowest BCUT2D eigenvalue weighted by molar-refractivity contribution is 0.795. The van der Waals surface area contributed by atoms with Crippen LogP contribution in [0.5, 0.6) is 0 Å². The van der Waals surface area contributed by atoms with Crippen LogP contribution in [0.15, 0.2) is 231 Å². The molecule has 61 heavy (non-hydrogen) atoms. The van der Waals surface area contributed by atoms with Gasteiger partial charge in [0.2, 0.25) is 0 Å². The van der Waals surface area contributed by atoms with Gasteiger partial charge in [-0.05, 0) is 139 Å². The molecular weight excluding hydrogens is 737 g/mol. The lowest BCUT2D eigenvalue weighted by Gasteiger charge is -2.32. The number of fused-ring (bicyclic) bond motifs is 14. The van der Waals surface area contributed by atoms with E-state index < -0.39 is 5.41 Å². The Morgan fingerprint density at radius 2 is 0.836 bits per heavy atom. The molecule has 0 bridgehead atoms. The Morgan fingerprint density at radius 3 is 1.59 bits per heavy atom. The maximum absolute atomic E-state index is 2.50. The van der Waals surface area contributed by atoms with E-state index in [4.69, 9.17) is 0 Å². The molecule has 0 fully saturated rings. The van der Waals surface area contributed by atoms with E-state index in [1.54, 1.807) is 0 Å². The zero-order chi connectivity index (χ0) is 40.1. The Morgan fingerprint density at radius 1 is 0.311 bits per heavy atom. The van der Waals surface area contributed by atoms with E-state index in [1.807, 2.05) is 0 Å². The molecule has 2 aliphatic rings. The summed E-state index contributed by atoms with van der Waals surface area (Å²) in [5.41, 5.74) is 19.4. The van der Waals surface area contributed by atoms with E-state index >= 15 is 0 Å². The number of hydrogen-bond donors (Lipinski definition) is 0. The minimum Gasteiger partial charge on any atom is -0.310 e. The molecule has 2 heteroatoms. The first kappa shape index (κ1) is 34.0. The van der Waals surface area contributed by atoms with Crippen LogP contribution in [0.2, 0.25) is 0 Å². The third-order valence-electron chi connectivity index (χ3n) is 13.4. The first-order valence-corrected chi connectivity index (χ1v) is 21.2. The molecule has 2 nitrogen and oxygen atoms in total. The number of para-hydroxylation sites is 2. The molecule has 0 aliphatic heterocycles. The number of aromatic nitrogens is 1. The first-order valence-electron chi connectivity index (χ1n) is 21.2. The van der Waals surface area contributed by atoms with Gasteiger partial charge in [0.05, 0.1) is 16.4 Å². The average molecular weight is 775 g/mol. The van der Waals surface area contributed by atoms with Gasteiger partial charge in [-0.3, -0.25) is 0 Å². The number of anilines is 3. The quantitative estimate of drug-likeness (QED) is 0.169. The monoisotopic (exact) mass is 774 g/mol. The molecule has 13 rings (SSSR count). The number of rotatable bonds is 5. The molecular formula is C59H38N2. The van der Waals surface area contributed by atoms with Crippen molar-refractivity contribution in [3.05, 3.63) is 253 Å². The second-order valence-electron chi connectivity index (χ2n) is 16.5. The lowest BCUT2D eigenvalue weighted by Crippen LogP contribution is -2.26. The molecule has 11 aromatic rings. The Kier molecular flexibility index (Phi) is 7.26. The Labute approximate surface area is 354 Å². The molecule has 284 valence electrons. The van der Waals surface area contributed by atoms with E-state index in [1.165, 1.54) is 88.2 Å². The maximum Gasteiger partial charge on any atom is 0.0726 e. The minimum atomic E-state index is -0.478. The van der Waals surface area contributed by atoms with Crippen LogP contribution in [0.25, 0.3) is 71.6 Å². The normalized spacial score (nSPS) is 13.0. The number of nitrogens with zero attached hydrogens (tertiary/aromatic N) is 2. The predicted octanol–water partition coefficient (Wildman–Crippen LogP) is 15.4. The van der Waals surface area contributed by atoms with Gasteiger partial charge in [-0.2, -0.15) is 0 Å². The summed E-state index contributed by atoms with van der Waals surface area (Å²) in [6.45, 7) is 0. The molecule has 1 aromatic heterocycles. The molecule has 2 aliphatic carbocycles. The van der Waals surface area contributed by atoms with Gasteiger partial charge in [0.25, 0.3) is 0 Å². The number of benzene rings is 10. The summed E-state index contributed by atoms with van der Waals surface area (Å²) in [4.78, 5) is 2.46. The van der Waals surface area contributed by atoms with Crippen molar-refractivity contribution in [2.24, 2.45) is 0 Å². The zero-order valence-electron chi connectivity index (χ0n) is 33.3. The van der Waals surface area contributed by atoms with Crippen LogP contribution in [0.4, 0.5) is 17.1 Å². The molecule has 0 saturated carbocycles. The summed E-state index contributed by atoms with van der Waals surface area (Å²) in [6.07, 6.45) is 0. The molecule has 0 radical (unpaired) electrons. The van der Waals surface area contributed by atoms with Gasteiger partial charge in [0.15, 0.2) is 0 Å². The molecule has 10 aromatic carbocycles. The van der Waals surface area contributed by atoms with E-state index in [0.29, 0.717) is 0 Å². The van der Waals surface area contributed by atoms with E-state index in [-0.39, 0.29) is 0 Å². The van der Waals surface area contributed by atoms with Crippen LogP contribution in [0.1, 0.15) is 22.3 Å². The second-order valence-corrected chi connectivity index (χ2v) is 16.5. The van der Waals surface area contributed by atoms with Gasteiger partial charge in [-0.1, -0.05) is 158 Å². The smallest absolute Gasteiger partial charge is 0.0726 e. The largest absolute Gasteiger partial charge is 0.310 e.